The molecule has 0 bridgehead atoms. The topological polar surface area (TPSA) is 130 Å². The van der Waals surface area contributed by atoms with Crippen molar-refractivity contribution in [3.8, 4) is 28.9 Å². The van der Waals surface area contributed by atoms with E-state index in [9.17, 15) is 14.4 Å². The van der Waals surface area contributed by atoms with E-state index in [1.165, 1.54) is 0 Å². The van der Waals surface area contributed by atoms with Crippen molar-refractivity contribution < 1.29 is 28.5 Å². The largest absolute Gasteiger partial charge is 0.463 e. The Balaban J connectivity index is 1.65. The Kier molecular flexibility index (Phi) is 7.29. The first-order chi connectivity index (χ1) is 18.9. The maximum atomic E-state index is 13.8. The number of carbonyl (C=O) groups excluding carboxylic acids is 2. The van der Waals surface area contributed by atoms with E-state index < -0.39 is 18.8 Å². The van der Waals surface area contributed by atoms with Crippen molar-refractivity contribution in [3.63, 3.8) is 0 Å². The molecule has 0 saturated carbocycles. The summed E-state index contributed by atoms with van der Waals surface area (Å²) in [5.41, 5.74) is 4.42. The van der Waals surface area contributed by atoms with Gasteiger partial charge in [0.05, 0.1) is 29.0 Å². The number of nitriles is 1. The summed E-state index contributed by atoms with van der Waals surface area (Å²) in [6.07, 6.45) is 1.88. The monoisotopic (exact) mass is 529 g/mol. The molecule has 1 aromatic carbocycles. The van der Waals surface area contributed by atoms with E-state index in [0.717, 1.165) is 41.3 Å². The van der Waals surface area contributed by atoms with Gasteiger partial charge in [-0.05, 0) is 37.5 Å². The molecule has 0 fully saturated rings. The van der Waals surface area contributed by atoms with Crippen molar-refractivity contribution in [1.29, 1.82) is 5.26 Å². The van der Waals surface area contributed by atoms with Gasteiger partial charge in [-0.1, -0.05) is 20.2 Å². The van der Waals surface area contributed by atoms with Crippen LogP contribution >= 0.6 is 0 Å². The van der Waals surface area contributed by atoms with Crippen LogP contribution < -0.4 is 15.0 Å². The minimum Gasteiger partial charge on any atom is -0.463 e. The first-order valence-corrected chi connectivity index (χ1v) is 13.0. The number of benzene rings is 1. The molecule has 4 heterocycles. The van der Waals surface area contributed by atoms with Crippen LogP contribution in [-0.2, 0) is 38.6 Å². The lowest BCUT2D eigenvalue weighted by Gasteiger charge is -2.19. The highest BCUT2D eigenvalue weighted by Crippen LogP contribution is 2.42. The van der Waals surface area contributed by atoms with Gasteiger partial charge in [0, 0.05) is 34.9 Å². The number of unbranched alkanes of at least 4 members (excludes halogenated alkanes) is 1. The van der Waals surface area contributed by atoms with Crippen molar-refractivity contribution in [2.45, 2.75) is 65.5 Å². The van der Waals surface area contributed by atoms with Gasteiger partial charge in [0.1, 0.15) is 12.7 Å². The van der Waals surface area contributed by atoms with Gasteiger partial charge in [0.15, 0.2) is 11.5 Å². The van der Waals surface area contributed by atoms with Gasteiger partial charge >= 0.3 is 0 Å². The Morgan fingerprint density at radius 3 is 2.77 bits per heavy atom. The third kappa shape index (κ3) is 4.83. The summed E-state index contributed by atoms with van der Waals surface area (Å²) in [6, 6.07) is 5.61. The molecule has 10 nitrogen and oxygen atoms in total. The number of esters is 1. The SMILES string of the molecule is CCCCc1c2c(nc3cc4c(cc13)OCO4)-c1cc(C(C)OC(=O)CB(C)C#N)c(COC=O)c(=O)n1C2. The quantitative estimate of drug-likeness (QED) is 0.170. The molecule has 0 saturated heterocycles. The fourth-order valence-corrected chi connectivity index (χ4v) is 5.23. The van der Waals surface area contributed by atoms with Crippen molar-refractivity contribution in [1.82, 2.24) is 9.55 Å². The van der Waals surface area contributed by atoms with E-state index in [1.54, 1.807) is 24.4 Å². The summed E-state index contributed by atoms with van der Waals surface area (Å²) < 4.78 is 23.4. The molecule has 2 aliphatic heterocycles. The second-order valence-electron chi connectivity index (χ2n) is 9.87. The smallest absolute Gasteiger partial charge is 0.300 e. The molecule has 0 N–H and O–H groups in total. The molecule has 0 aliphatic carbocycles. The molecule has 5 rings (SSSR count). The maximum absolute atomic E-state index is 13.8. The van der Waals surface area contributed by atoms with Crippen molar-refractivity contribution in [2.24, 2.45) is 0 Å². The Hall–Kier alpha value is -4.33. The molecule has 39 heavy (non-hydrogen) atoms. The summed E-state index contributed by atoms with van der Waals surface area (Å²) >= 11 is 0. The number of pyridine rings is 2. The van der Waals surface area contributed by atoms with Crippen molar-refractivity contribution >= 4 is 30.1 Å². The molecule has 0 amide bonds. The molecular formula is C28H28BN3O7. The highest BCUT2D eigenvalue weighted by atomic mass is 16.7. The zero-order chi connectivity index (χ0) is 27.7. The van der Waals surface area contributed by atoms with Crippen LogP contribution in [0.1, 0.15) is 55.0 Å². The van der Waals surface area contributed by atoms with Gasteiger partial charge in [-0.15, -0.1) is 0 Å². The Morgan fingerprint density at radius 2 is 2.05 bits per heavy atom. The first kappa shape index (κ1) is 26.3. The number of hydrogen-bond donors (Lipinski definition) is 0. The molecule has 2 aliphatic rings. The average molecular weight is 529 g/mol. The number of hydrogen-bond acceptors (Lipinski definition) is 9. The van der Waals surface area contributed by atoms with E-state index in [4.69, 9.17) is 29.2 Å². The molecular weight excluding hydrogens is 501 g/mol. The van der Waals surface area contributed by atoms with E-state index in [1.807, 2.05) is 18.1 Å². The molecule has 0 radical (unpaired) electrons. The summed E-state index contributed by atoms with van der Waals surface area (Å²) in [6.45, 7) is 5.41. The predicted octanol–water partition coefficient (Wildman–Crippen LogP) is 3.96. The molecule has 1 atom stereocenters. The lowest BCUT2D eigenvalue weighted by molar-refractivity contribution is -0.146. The van der Waals surface area contributed by atoms with Gasteiger partial charge < -0.3 is 23.5 Å². The minimum absolute atomic E-state index is 0.0712. The normalized spacial score (nSPS) is 13.4. The number of aromatic nitrogens is 2. The van der Waals surface area contributed by atoms with Crippen LogP contribution in [0.25, 0.3) is 22.3 Å². The van der Waals surface area contributed by atoms with Gasteiger partial charge in [0.25, 0.3) is 24.7 Å². The van der Waals surface area contributed by atoms with Crippen LogP contribution in [0, 0.1) is 11.2 Å². The van der Waals surface area contributed by atoms with Gasteiger partial charge in [0.2, 0.25) is 6.79 Å². The second-order valence-corrected chi connectivity index (χ2v) is 9.87. The van der Waals surface area contributed by atoms with Crippen LogP contribution in [0.5, 0.6) is 11.5 Å². The summed E-state index contributed by atoms with van der Waals surface area (Å²) in [4.78, 5) is 42.2. The highest BCUT2D eigenvalue weighted by molar-refractivity contribution is 6.68. The number of fused-ring (bicyclic) bond motifs is 5. The third-order valence-electron chi connectivity index (χ3n) is 7.21. The summed E-state index contributed by atoms with van der Waals surface area (Å²) in [5, 5.41) is 10.0. The van der Waals surface area contributed by atoms with Crippen LogP contribution in [-0.4, -0.2) is 35.5 Å². The number of ether oxygens (including phenoxy) is 4. The fourth-order valence-electron chi connectivity index (χ4n) is 5.23. The highest BCUT2D eigenvalue weighted by Gasteiger charge is 2.31. The Morgan fingerprint density at radius 1 is 1.28 bits per heavy atom. The van der Waals surface area contributed by atoms with E-state index in [0.29, 0.717) is 35.0 Å². The fraction of sp³-hybridized carbons (Fsp3) is 0.393. The lowest BCUT2D eigenvalue weighted by Crippen LogP contribution is -2.27. The predicted molar refractivity (Wildman–Crippen MR) is 143 cm³/mol. The Labute approximate surface area is 225 Å². The van der Waals surface area contributed by atoms with Crippen molar-refractivity contribution in [3.05, 3.63) is 50.8 Å². The minimum atomic E-state index is -0.815. The number of nitrogens with zero attached hydrogens (tertiary/aromatic N) is 3. The van der Waals surface area contributed by atoms with Crippen LogP contribution in [0.2, 0.25) is 13.1 Å². The molecule has 0 spiro atoms. The summed E-state index contributed by atoms with van der Waals surface area (Å²) in [7, 11) is 0. The first-order valence-electron chi connectivity index (χ1n) is 13.0. The van der Waals surface area contributed by atoms with Gasteiger partial charge in [-0.3, -0.25) is 14.4 Å². The zero-order valence-corrected chi connectivity index (χ0v) is 22.1. The van der Waals surface area contributed by atoms with Crippen LogP contribution in [0.3, 0.4) is 0 Å². The third-order valence-corrected chi connectivity index (χ3v) is 7.21. The maximum Gasteiger partial charge on any atom is 0.300 e. The zero-order valence-electron chi connectivity index (χ0n) is 22.1. The molecule has 200 valence electrons. The van der Waals surface area contributed by atoms with E-state index in [-0.39, 0.29) is 37.3 Å². The van der Waals surface area contributed by atoms with Crippen LogP contribution in [0.4, 0.5) is 0 Å². The molecule has 11 heteroatoms. The molecule has 2 aromatic heterocycles. The summed E-state index contributed by atoms with van der Waals surface area (Å²) in [5.74, 6) is 2.76. The number of aryl methyl sites for hydroxylation is 1. The van der Waals surface area contributed by atoms with Crippen molar-refractivity contribution in [2.75, 3.05) is 6.79 Å². The second kappa shape index (κ2) is 10.8. The van der Waals surface area contributed by atoms with Gasteiger partial charge in [-0.2, -0.15) is 0 Å². The standard InChI is InChI=1S/C28H28BN3O7/c1-4-5-6-17-19-8-24-25(38-15-37-24)9-22(19)31-27-20(17)11-32-23(27)7-18(21(28(32)35)12-36-14-33)16(2)39-26(34)10-29(3)13-30/h7-9,14,16H,4-6,10-12,15H2,1-3H3. The Bertz CT molecular complexity index is 1580. The van der Waals surface area contributed by atoms with E-state index in [2.05, 4.69) is 6.92 Å². The van der Waals surface area contributed by atoms with Gasteiger partial charge in [-0.25, -0.2) is 10.2 Å². The molecule has 3 aromatic rings. The molecule has 1 unspecified atom stereocenters. The van der Waals surface area contributed by atoms with Crippen LogP contribution in [0.15, 0.2) is 23.0 Å². The van der Waals surface area contributed by atoms with E-state index >= 15 is 0 Å². The number of rotatable bonds is 10. The average Bonchev–Trinajstić information content (AvgIpc) is 3.53. The lowest BCUT2D eigenvalue weighted by atomic mass is 9.51. The number of carbonyl (C=O) groups is 2.